The fraction of sp³-hybridized carbons (Fsp3) is 0. The molecule has 3 aromatic carbocycles. The first-order valence-electron chi connectivity index (χ1n) is 8.16. The number of aromatic hydroxyl groups is 2. The zero-order valence-corrected chi connectivity index (χ0v) is 14.2. The molecule has 3 N–H and O–H groups in total. The molecule has 1 aliphatic carbocycles. The minimum Gasteiger partial charge on any atom is -0.507 e. The monoisotopic (exact) mass is 376 g/mol. The molecule has 0 aliphatic heterocycles. The quantitative estimate of drug-likeness (QED) is 0.368. The minimum absolute atomic E-state index is 0.0732. The molecule has 0 saturated carbocycles. The van der Waals surface area contributed by atoms with E-state index >= 15 is 0 Å². The maximum atomic E-state index is 12.9. The van der Waals surface area contributed by atoms with Gasteiger partial charge in [-0.3, -0.25) is 19.7 Å². The average molecular weight is 376 g/mol. The maximum absolute atomic E-state index is 12.9. The number of nitro benzene ring substituents is 1. The molecule has 1 aliphatic rings. The van der Waals surface area contributed by atoms with E-state index in [1.807, 2.05) is 6.07 Å². The van der Waals surface area contributed by atoms with Crippen molar-refractivity contribution in [1.82, 2.24) is 0 Å². The van der Waals surface area contributed by atoms with Gasteiger partial charge in [-0.25, -0.2) is 0 Å². The molecule has 0 radical (unpaired) electrons. The third-order valence-corrected chi connectivity index (χ3v) is 4.45. The molecule has 0 aromatic heterocycles. The summed E-state index contributed by atoms with van der Waals surface area (Å²) >= 11 is 0. The van der Waals surface area contributed by atoms with Crippen LogP contribution in [0.1, 0.15) is 31.8 Å². The summed E-state index contributed by atoms with van der Waals surface area (Å²) in [4.78, 5) is 35.9. The molecule has 0 spiro atoms. The van der Waals surface area contributed by atoms with Crippen LogP contribution in [0.15, 0.2) is 54.6 Å². The summed E-state index contributed by atoms with van der Waals surface area (Å²) in [5, 5.41) is 34.2. The van der Waals surface area contributed by atoms with Gasteiger partial charge in [-0.15, -0.1) is 0 Å². The first-order chi connectivity index (χ1) is 13.4. The Morgan fingerprint density at radius 3 is 2.14 bits per heavy atom. The second-order valence-electron chi connectivity index (χ2n) is 6.21. The van der Waals surface area contributed by atoms with Crippen molar-refractivity contribution < 1.29 is 24.7 Å². The van der Waals surface area contributed by atoms with Crippen molar-refractivity contribution in [3.63, 3.8) is 0 Å². The molecule has 138 valence electrons. The molecule has 0 bridgehead atoms. The highest BCUT2D eigenvalue weighted by atomic mass is 16.6. The number of rotatable bonds is 3. The van der Waals surface area contributed by atoms with Crippen LogP contribution in [0.5, 0.6) is 11.5 Å². The third kappa shape index (κ3) is 2.64. The van der Waals surface area contributed by atoms with E-state index in [1.165, 1.54) is 12.1 Å². The van der Waals surface area contributed by atoms with E-state index in [-0.39, 0.29) is 22.3 Å². The molecule has 8 heteroatoms. The summed E-state index contributed by atoms with van der Waals surface area (Å²) in [7, 11) is 0. The Bertz CT molecular complexity index is 1170. The summed E-state index contributed by atoms with van der Waals surface area (Å²) in [6.07, 6.45) is 0. The molecular formula is C20H12N2O6. The van der Waals surface area contributed by atoms with E-state index in [0.717, 1.165) is 12.1 Å². The Hall–Kier alpha value is -4.20. The molecule has 0 saturated heterocycles. The molecule has 0 heterocycles. The molecule has 4 rings (SSSR count). The topological polar surface area (TPSA) is 130 Å². The smallest absolute Gasteiger partial charge is 0.311 e. The highest BCUT2D eigenvalue weighted by Crippen LogP contribution is 2.39. The Labute approximate surface area is 157 Å². The van der Waals surface area contributed by atoms with Crippen molar-refractivity contribution in [2.75, 3.05) is 5.32 Å². The predicted molar refractivity (Wildman–Crippen MR) is 99.5 cm³/mol. The van der Waals surface area contributed by atoms with Gasteiger partial charge < -0.3 is 15.5 Å². The summed E-state index contributed by atoms with van der Waals surface area (Å²) in [6.45, 7) is 0. The lowest BCUT2D eigenvalue weighted by molar-refractivity contribution is -0.385. The number of hydrogen-bond donors (Lipinski definition) is 3. The van der Waals surface area contributed by atoms with Crippen LogP contribution < -0.4 is 5.32 Å². The summed E-state index contributed by atoms with van der Waals surface area (Å²) in [6, 6.07) is 13.5. The minimum atomic E-state index is -0.840. The normalized spacial score (nSPS) is 12.3. The van der Waals surface area contributed by atoms with Crippen molar-refractivity contribution in [2.45, 2.75) is 0 Å². The van der Waals surface area contributed by atoms with Gasteiger partial charge in [0.1, 0.15) is 5.75 Å². The van der Waals surface area contributed by atoms with Crippen LogP contribution in [0.2, 0.25) is 0 Å². The van der Waals surface area contributed by atoms with Gasteiger partial charge in [0.2, 0.25) is 0 Å². The number of anilines is 2. The number of carbonyl (C=O) groups excluding carboxylic acids is 2. The fourth-order valence-corrected chi connectivity index (χ4v) is 3.18. The lowest BCUT2D eigenvalue weighted by Crippen LogP contribution is -2.21. The van der Waals surface area contributed by atoms with E-state index in [2.05, 4.69) is 5.32 Å². The van der Waals surface area contributed by atoms with Gasteiger partial charge in [-0.1, -0.05) is 18.2 Å². The average Bonchev–Trinajstić information content (AvgIpc) is 2.66. The first-order valence-corrected chi connectivity index (χ1v) is 8.16. The van der Waals surface area contributed by atoms with Crippen LogP contribution >= 0.6 is 0 Å². The Kier molecular flexibility index (Phi) is 3.82. The second-order valence-corrected chi connectivity index (χ2v) is 6.21. The second kappa shape index (κ2) is 6.20. The largest absolute Gasteiger partial charge is 0.507 e. The molecule has 3 aromatic rings. The van der Waals surface area contributed by atoms with Crippen molar-refractivity contribution in [3.05, 3.63) is 87.0 Å². The maximum Gasteiger partial charge on any atom is 0.311 e. The zero-order chi connectivity index (χ0) is 20.0. The van der Waals surface area contributed by atoms with E-state index in [4.69, 9.17) is 0 Å². The molecule has 0 fully saturated rings. The number of phenols is 2. The van der Waals surface area contributed by atoms with Crippen LogP contribution in [0.3, 0.4) is 0 Å². The van der Waals surface area contributed by atoms with Gasteiger partial charge in [-0.05, 0) is 24.3 Å². The van der Waals surface area contributed by atoms with Crippen molar-refractivity contribution in [2.24, 2.45) is 0 Å². The van der Waals surface area contributed by atoms with Gasteiger partial charge >= 0.3 is 5.69 Å². The molecule has 0 amide bonds. The van der Waals surface area contributed by atoms with E-state index in [9.17, 15) is 29.9 Å². The summed E-state index contributed by atoms with van der Waals surface area (Å²) in [5.41, 5.74) is -0.262. The lowest BCUT2D eigenvalue weighted by atomic mass is 9.83. The molecule has 0 unspecified atom stereocenters. The van der Waals surface area contributed by atoms with Crippen LogP contribution in [-0.4, -0.2) is 26.7 Å². The standard InChI is InChI=1S/C20H12N2O6/c23-16-9-13-12(8-15(16)22(27)28)19(25)14-6-11(7-17(24)18(14)20(13)26)21-10-4-2-1-3-5-10/h1-9,21,23-24H. The Morgan fingerprint density at radius 2 is 1.46 bits per heavy atom. The number of hydrogen-bond acceptors (Lipinski definition) is 7. The molecule has 0 atom stereocenters. The number of phenolic OH excluding ortho intramolecular Hbond substituents is 2. The number of nitrogens with zero attached hydrogens (tertiary/aromatic N) is 1. The van der Waals surface area contributed by atoms with E-state index in [0.29, 0.717) is 11.4 Å². The fourth-order valence-electron chi connectivity index (χ4n) is 3.18. The number of ketones is 2. The van der Waals surface area contributed by atoms with E-state index in [1.54, 1.807) is 24.3 Å². The van der Waals surface area contributed by atoms with Crippen LogP contribution in [0, 0.1) is 10.1 Å². The highest BCUT2D eigenvalue weighted by Gasteiger charge is 2.35. The summed E-state index contributed by atoms with van der Waals surface area (Å²) in [5.74, 6) is -2.48. The predicted octanol–water partition coefficient (Wildman–Crippen LogP) is 3.53. The molecule has 8 nitrogen and oxygen atoms in total. The molecular weight excluding hydrogens is 364 g/mol. The number of nitrogens with one attached hydrogen (secondary N) is 1. The van der Waals surface area contributed by atoms with E-state index < -0.39 is 33.7 Å². The number of carbonyl (C=O) groups is 2. The van der Waals surface area contributed by atoms with Crippen LogP contribution in [-0.2, 0) is 0 Å². The highest BCUT2D eigenvalue weighted by molar-refractivity contribution is 6.30. The number of nitro groups is 1. The first kappa shape index (κ1) is 17.2. The van der Waals surface area contributed by atoms with Crippen molar-refractivity contribution >= 4 is 28.6 Å². The van der Waals surface area contributed by atoms with Crippen molar-refractivity contribution in [1.29, 1.82) is 0 Å². The van der Waals surface area contributed by atoms with Gasteiger partial charge in [0, 0.05) is 40.2 Å². The number of fused-ring (bicyclic) bond motifs is 2. The zero-order valence-electron chi connectivity index (χ0n) is 14.2. The Balaban J connectivity index is 1.85. The molecule has 28 heavy (non-hydrogen) atoms. The van der Waals surface area contributed by atoms with Gasteiger partial charge in [0.15, 0.2) is 17.3 Å². The number of benzene rings is 3. The third-order valence-electron chi connectivity index (χ3n) is 4.45. The SMILES string of the molecule is O=C1c2cc([N+](=O)[O-])c(O)cc2C(=O)c2c(O)cc(Nc3ccccc3)cc21. The van der Waals surface area contributed by atoms with Gasteiger partial charge in [0.05, 0.1) is 10.5 Å². The van der Waals surface area contributed by atoms with Gasteiger partial charge in [-0.2, -0.15) is 0 Å². The number of para-hydroxylation sites is 1. The lowest BCUT2D eigenvalue weighted by Gasteiger charge is -2.20. The van der Waals surface area contributed by atoms with Crippen LogP contribution in [0.4, 0.5) is 17.1 Å². The van der Waals surface area contributed by atoms with Gasteiger partial charge in [0.25, 0.3) is 0 Å². The van der Waals surface area contributed by atoms with Crippen molar-refractivity contribution in [3.8, 4) is 11.5 Å². The van der Waals surface area contributed by atoms with Crippen LogP contribution in [0.25, 0.3) is 0 Å². The Morgan fingerprint density at radius 1 is 0.786 bits per heavy atom. The summed E-state index contributed by atoms with van der Waals surface area (Å²) < 4.78 is 0.